The number of esters is 1. The van der Waals surface area contributed by atoms with Crippen LogP contribution in [0.3, 0.4) is 0 Å². The van der Waals surface area contributed by atoms with E-state index in [0.717, 1.165) is 5.56 Å². The van der Waals surface area contributed by atoms with E-state index in [1.165, 1.54) is 13.8 Å². The molecule has 96 valence electrons. The molecule has 0 saturated carbocycles. The first-order chi connectivity index (χ1) is 8.56. The van der Waals surface area contributed by atoms with Crippen LogP contribution in [-0.4, -0.2) is 18.5 Å². The van der Waals surface area contributed by atoms with Crippen LogP contribution in [0.4, 0.5) is 0 Å². The SMILES string of the molecule is CC(=O)C[C@@H](OC(C)=O)c1ccc2c(c1)OCO2. The van der Waals surface area contributed by atoms with E-state index in [-0.39, 0.29) is 19.0 Å². The fraction of sp³-hybridized carbons (Fsp3) is 0.385. The van der Waals surface area contributed by atoms with Crippen LogP contribution in [0.25, 0.3) is 0 Å². The molecule has 0 fully saturated rings. The Labute approximate surface area is 105 Å². The van der Waals surface area contributed by atoms with E-state index in [2.05, 4.69) is 0 Å². The minimum absolute atomic E-state index is 0.0427. The van der Waals surface area contributed by atoms with Gasteiger partial charge in [-0.05, 0) is 24.6 Å². The van der Waals surface area contributed by atoms with Crippen LogP contribution in [-0.2, 0) is 14.3 Å². The minimum atomic E-state index is -0.575. The molecule has 18 heavy (non-hydrogen) atoms. The average Bonchev–Trinajstić information content (AvgIpc) is 2.73. The van der Waals surface area contributed by atoms with Crippen LogP contribution in [0.1, 0.15) is 31.9 Å². The summed E-state index contributed by atoms with van der Waals surface area (Å²) in [4.78, 5) is 22.2. The van der Waals surface area contributed by atoms with Gasteiger partial charge >= 0.3 is 5.97 Å². The Kier molecular flexibility index (Phi) is 3.50. The topological polar surface area (TPSA) is 61.8 Å². The smallest absolute Gasteiger partial charge is 0.303 e. The lowest BCUT2D eigenvalue weighted by atomic mass is 10.0. The van der Waals surface area contributed by atoms with E-state index >= 15 is 0 Å². The molecule has 5 nitrogen and oxygen atoms in total. The lowest BCUT2D eigenvalue weighted by Crippen LogP contribution is -2.11. The summed E-state index contributed by atoms with van der Waals surface area (Å²) >= 11 is 0. The molecule has 0 aromatic heterocycles. The van der Waals surface area contributed by atoms with Crippen LogP contribution < -0.4 is 9.47 Å². The van der Waals surface area contributed by atoms with Gasteiger partial charge in [-0.3, -0.25) is 9.59 Å². The van der Waals surface area contributed by atoms with E-state index in [0.29, 0.717) is 11.5 Å². The summed E-state index contributed by atoms with van der Waals surface area (Å²) in [5.74, 6) is 0.800. The maximum Gasteiger partial charge on any atom is 0.303 e. The predicted molar refractivity (Wildman–Crippen MR) is 62.4 cm³/mol. The molecule has 0 radical (unpaired) electrons. The molecule has 0 N–H and O–H groups in total. The Balaban J connectivity index is 2.24. The molecule has 0 aliphatic carbocycles. The maximum atomic E-state index is 11.2. The van der Waals surface area contributed by atoms with Crippen LogP contribution in [0.15, 0.2) is 18.2 Å². The van der Waals surface area contributed by atoms with Crippen molar-refractivity contribution in [2.75, 3.05) is 6.79 Å². The maximum absolute atomic E-state index is 11.2. The number of Topliss-reactive ketones (excluding diaryl/α,β-unsaturated/α-hetero) is 1. The van der Waals surface area contributed by atoms with E-state index in [1.807, 2.05) is 0 Å². The Hall–Kier alpha value is -2.04. The van der Waals surface area contributed by atoms with E-state index in [1.54, 1.807) is 18.2 Å². The molecule has 1 heterocycles. The highest BCUT2D eigenvalue weighted by Gasteiger charge is 2.21. The van der Waals surface area contributed by atoms with Gasteiger partial charge in [0, 0.05) is 13.3 Å². The van der Waals surface area contributed by atoms with Gasteiger partial charge in [0.1, 0.15) is 11.9 Å². The second kappa shape index (κ2) is 5.08. The molecule has 1 aliphatic rings. The number of carbonyl (C=O) groups excluding carboxylic acids is 2. The molecular formula is C13H14O5. The summed E-state index contributed by atoms with van der Waals surface area (Å²) in [5.41, 5.74) is 0.727. The van der Waals surface area contributed by atoms with Gasteiger partial charge < -0.3 is 14.2 Å². The zero-order valence-corrected chi connectivity index (χ0v) is 10.3. The number of fused-ring (bicyclic) bond motifs is 1. The van der Waals surface area contributed by atoms with Crippen molar-refractivity contribution in [2.24, 2.45) is 0 Å². The van der Waals surface area contributed by atoms with Crippen molar-refractivity contribution < 1.29 is 23.8 Å². The molecule has 0 spiro atoms. The fourth-order valence-electron chi connectivity index (χ4n) is 1.80. The molecule has 1 aromatic rings. The van der Waals surface area contributed by atoms with Crippen molar-refractivity contribution in [1.82, 2.24) is 0 Å². The minimum Gasteiger partial charge on any atom is -0.457 e. The second-order valence-electron chi connectivity index (χ2n) is 4.12. The van der Waals surface area contributed by atoms with Crippen molar-refractivity contribution in [2.45, 2.75) is 26.4 Å². The standard InChI is InChI=1S/C13H14O5/c1-8(14)5-12(18-9(2)15)10-3-4-11-13(6-10)17-7-16-11/h3-4,6,12H,5,7H2,1-2H3/t12-/m1/s1. The average molecular weight is 250 g/mol. The number of rotatable bonds is 4. The van der Waals surface area contributed by atoms with Gasteiger partial charge in [0.05, 0.1) is 0 Å². The van der Waals surface area contributed by atoms with Gasteiger partial charge in [-0.1, -0.05) is 6.07 Å². The number of ketones is 1. The monoisotopic (exact) mass is 250 g/mol. The van der Waals surface area contributed by atoms with Crippen molar-refractivity contribution in [1.29, 1.82) is 0 Å². The summed E-state index contributed by atoms with van der Waals surface area (Å²) in [6.45, 7) is 2.97. The Morgan fingerprint density at radius 2 is 2.00 bits per heavy atom. The molecule has 0 amide bonds. The molecule has 0 unspecified atom stereocenters. The largest absolute Gasteiger partial charge is 0.457 e. The number of hydrogen-bond acceptors (Lipinski definition) is 5. The third-order valence-corrected chi connectivity index (χ3v) is 2.55. The van der Waals surface area contributed by atoms with Gasteiger partial charge in [-0.25, -0.2) is 0 Å². The van der Waals surface area contributed by atoms with Crippen molar-refractivity contribution in [3.05, 3.63) is 23.8 Å². The molecule has 5 heteroatoms. The van der Waals surface area contributed by atoms with Crippen LogP contribution in [0, 0.1) is 0 Å². The molecule has 2 rings (SSSR count). The van der Waals surface area contributed by atoms with Crippen LogP contribution >= 0.6 is 0 Å². The molecule has 1 aromatic carbocycles. The first-order valence-corrected chi connectivity index (χ1v) is 5.62. The highest BCUT2D eigenvalue weighted by atomic mass is 16.7. The Morgan fingerprint density at radius 3 is 2.67 bits per heavy atom. The summed E-state index contributed by atoms with van der Waals surface area (Å²) in [5, 5.41) is 0. The Bertz CT molecular complexity index is 464. The molecule has 0 saturated heterocycles. The molecule has 0 bridgehead atoms. The fourth-order valence-corrected chi connectivity index (χ4v) is 1.80. The summed E-state index contributed by atoms with van der Waals surface area (Å²) < 4.78 is 15.6. The number of ether oxygens (including phenoxy) is 3. The van der Waals surface area contributed by atoms with Crippen molar-refractivity contribution in [3.63, 3.8) is 0 Å². The van der Waals surface area contributed by atoms with Crippen LogP contribution in [0.5, 0.6) is 11.5 Å². The molecule has 1 atom stereocenters. The summed E-state index contributed by atoms with van der Waals surface area (Å²) in [6.07, 6.45) is -0.423. The molecular weight excluding hydrogens is 236 g/mol. The quantitative estimate of drug-likeness (QED) is 0.765. The third kappa shape index (κ3) is 2.80. The normalized spacial score (nSPS) is 14.1. The summed E-state index contributed by atoms with van der Waals surface area (Å²) in [7, 11) is 0. The van der Waals surface area contributed by atoms with E-state index < -0.39 is 12.1 Å². The lowest BCUT2D eigenvalue weighted by Gasteiger charge is -2.16. The first kappa shape index (κ1) is 12.4. The zero-order chi connectivity index (χ0) is 13.1. The van der Waals surface area contributed by atoms with E-state index in [4.69, 9.17) is 14.2 Å². The first-order valence-electron chi connectivity index (χ1n) is 5.62. The van der Waals surface area contributed by atoms with E-state index in [9.17, 15) is 9.59 Å². The van der Waals surface area contributed by atoms with Crippen LogP contribution in [0.2, 0.25) is 0 Å². The van der Waals surface area contributed by atoms with Gasteiger partial charge in [0.25, 0.3) is 0 Å². The van der Waals surface area contributed by atoms with Gasteiger partial charge in [-0.15, -0.1) is 0 Å². The predicted octanol–water partition coefficient (Wildman–Crippen LogP) is 2.00. The van der Waals surface area contributed by atoms with Gasteiger partial charge in [0.15, 0.2) is 11.5 Å². The summed E-state index contributed by atoms with van der Waals surface area (Å²) in [6, 6.07) is 5.25. The van der Waals surface area contributed by atoms with Crippen molar-refractivity contribution >= 4 is 11.8 Å². The lowest BCUT2D eigenvalue weighted by molar-refractivity contribution is -0.147. The molecule has 1 aliphatic heterocycles. The number of benzene rings is 1. The number of hydrogen-bond donors (Lipinski definition) is 0. The second-order valence-corrected chi connectivity index (χ2v) is 4.12. The Morgan fingerprint density at radius 1 is 1.28 bits per heavy atom. The van der Waals surface area contributed by atoms with Gasteiger partial charge in [-0.2, -0.15) is 0 Å². The number of carbonyl (C=O) groups is 2. The van der Waals surface area contributed by atoms with Crippen molar-refractivity contribution in [3.8, 4) is 11.5 Å². The third-order valence-electron chi connectivity index (χ3n) is 2.55. The van der Waals surface area contributed by atoms with Gasteiger partial charge in [0.2, 0.25) is 6.79 Å². The highest BCUT2D eigenvalue weighted by molar-refractivity contribution is 5.77. The highest BCUT2D eigenvalue weighted by Crippen LogP contribution is 2.35. The zero-order valence-electron chi connectivity index (χ0n) is 10.3.